The molecule has 1 aromatic carbocycles. The number of fused-ring (bicyclic) bond motifs is 1. The Balaban J connectivity index is 1.90. The molecule has 0 aliphatic carbocycles. The van der Waals surface area contributed by atoms with Crippen molar-refractivity contribution in [1.82, 2.24) is 9.97 Å². The molecular formula is C14H11BrN4OS. The maximum atomic E-state index is 12.4. The van der Waals surface area contributed by atoms with Gasteiger partial charge in [0.25, 0.3) is 5.91 Å². The van der Waals surface area contributed by atoms with Crippen LogP contribution in [-0.2, 0) is 0 Å². The predicted octanol–water partition coefficient (Wildman–Crippen LogP) is 3.75. The lowest BCUT2D eigenvalue weighted by atomic mass is 10.2. The van der Waals surface area contributed by atoms with Gasteiger partial charge in [0.2, 0.25) is 0 Å². The van der Waals surface area contributed by atoms with Gasteiger partial charge in [-0.1, -0.05) is 23.5 Å². The molecule has 2 heterocycles. The summed E-state index contributed by atoms with van der Waals surface area (Å²) in [6.07, 6.45) is 1.64. The molecule has 0 radical (unpaired) electrons. The van der Waals surface area contributed by atoms with E-state index in [-0.39, 0.29) is 5.91 Å². The van der Waals surface area contributed by atoms with Gasteiger partial charge in [0.05, 0.1) is 15.8 Å². The van der Waals surface area contributed by atoms with Gasteiger partial charge in [0.15, 0.2) is 5.13 Å². The van der Waals surface area contributed by atoms with Crippen molar-refractivity contribution in [2.24, 2.45) is 0 Å². The van der Waals surface area contributed by atoms with Crippen LogP contribution in [0.4, 0.5) is 10.9 Å². The van der Waals surface area contributed by atoms with Crippen LogP contribution in [0.15, 0.2) is 41.0 Å². The maximum Gasteiger partial charge on any atom is 0.261 e. The summed E-state index contributed by atoms with van der Waals surface area (Å²) in [4.78, 5) is 20.9. The lowest BCUT2D eigenvalue weighted by Gasteiger charge is -2.07. The second kappa shape index (κ2) is 5.79. The van der Waals surface area contributed by atoms with E-state index in [9.17, 15) is 4.79 Å². The first-order chi connectivity index (χ1) is 10.2. The molecule has 1 amide bonds. The number of hydrogen-bond acceptors (Lipinski definition) is 5. The van der Waals surface area contributed by atoms with Crippen LogP contribution in [0, 0.1) is 0 Å². The third kappa shape index (κ3) is 2.88. The van der Waals surface area contributed by atoms with Gasteiger partial charge in [-0.25, -0.2) is 9.97 Å². The first-order valence-electron chi connectivity index (χ1n) is 6.17. The fraction of sp³-hybridized carbons (Fsp3) is 0.0714. The van der Waals surface area contributed by atoms with Gasteiger partial charge in [-0.05, 0) is 34.1 Å². The van der Waals surface area contributed by atoms with E-state index in [4.69, 9.17) is 0 Å². The van der Waals surface area contributed by atoms with E-state index >= 15 is 0 Å². The number of anilines is 2. The van der Waals surface area contributed by atoms with Gasteiger partial charge in [0, 0.05) is 17.7 Å². The molecule has 0 aliphatic heterocycles. The molecule has 2 aromatic heterocycles. The SMILES string of the molecule is CNc1ncc(Br)cc1C(=O)Nc1nc2ccccc2s1. The highest BCUT2D eigenvalue weighted by atomic mass is 79.9. The van der Waals surface area contributed by atoms with Crippen molar-refractivity contribution in [3.63, 3.8) is 0 Å². The number of carbonyl (C=O) groups excluding carboxylic acids is 1. The molecule has 0 bridgehead atoms. The molecule has 0 saturated carbocycles. The Hall–Kier alpha value is -1.99. The van der Waals surface area contributed by atoms with E-state index in [2.05, 4.69) is 36.5 Å². The summed E-state index contributed by atoms with van der Waals surface area (Å²) >= 11 is 4.77. The van der Waals surface area contributed by atoms with Crippen LogP contribution in [0.25, 0.3) is 10.2 Å². The van der Waals surface area contributed by atoms with Gasteiger partial charge >= 0.3 is 0 Å². The number of benzene rings is 1. The van der Waals surface area contributed by atoms with Crippen LogP contribution in [0.3, 0.4) is 0 Å². The summed E-state index contributed by atoms with van der Waals surface area (Å²) in [5, 5.41) is 6.30. The minimum Gasteiger partial charge on any atom is -0.372 e. The third-order valence-corrected chi connectivity index (χ3v) is 4.24. The Morgan fingerprint density at radius 2 is 2.14 bits per heavy atom. The molecule has 106 valence electrons. The predicted molar refractivity (Wildman–Crippen MR) is 89.1 cm³/mol. The summed E-state index contributed by atoms with van der Waals surface area (Å²) in [6, 6.07) is 9.49. The van der Waals surface area contributed by atoms with E-state index in [1.807, 2.05) is 24.3 Å². The quantitative estimate of drug-likeness (QED) is 0.744. The van der Waals surface area contributed by atoms with Gasteiger partial charge in [0.1, 0.15) is 5.82 Å². The lowest BCUT2D eigenvalue weighted by molar-refractivity contribution is 0.102. The third-order valence-electron chi connectivity index (χ3n) is 2.85. The van der Waals surface area contributed by atoms with Crippen molar-refractivity contribution < 1.29 is 4.79 Å². The zero-order chi connectivity index (χ0) is 14.8. The van der Waals surface area contributed by atoms with Crippen LogP contribution in [0.2, 0.25) is 0 Å². The number of thiazole rings is 1. The number of carbonyl (C=O) groups is 1. The number of nitrogens with zero attached hydrogens (tertiary/aromatic N) is 2. The minimum atomic E-state index is -0.243. The molecule has 0 aliphatic rings. The topological polar surface area (TPSA) is 66.9 Å². The molecule has 0 unspecified atom stereocenters. The van der Waals surface area contributed by atoms with E-state index < -0.39 is 0 Å². The Bertz CT molecular complexity index is 785. The monoisotopic (exact) mass is 362 g/mol. The van der Waals surface area contributed by atoms with E-state index in [0.29, 0.717) is 16.5 Å². The number of pyridine rings is 1. The van der Waals surface area contributed by atoms with E-state index in [0.717, 1.165) is 14.7 Å². The number of rotatable bonds is 3. The van der Waals surface area contributed by atoms with Crippen molar-refractivity contribution in [3.8, 4) is 0 Å². The second-order valence-corrected chi connectivity index (χ2v) is 6.19. The standard InChI is InChI=1S/C14H11BrN4OS/c1-16-12-9(6-8(15)7-17-12)13(20)19-14-18-10-4-2-3-5-11(10)21-14/h2-7H,1H3,(H,16,17)(H,18,19,20). The summed E-state index contributed by atoms with van der Waals surface area (Å²) in [5.74, 6) is 0.281. The van der Waals surface area contributed by atoms with Crippen LogP contribution in [0.5, 0.6) is 0 Å². The molecule has 2 N–H and O–H groups in total. The summed E-state index contributed by atoms with van der Waals surface area (Å²) in [6.45, 7) is 0. The highest BCUT2D eigenvalue weighted by Gasteiger charge is 2.14. The van der Waals surface area contributed by atoms with Crippen molar-refractivity contribution in [2.45, 2.75) is 0 Å². The number of nitrogens with one attached hydrogen (secondary N) is 2. The van der Waals surface area contributed by atoms with Crippen molar-refractivity contribution in [2.75, 3.05) is 17.7 Å². The minimum absolute atomic E-state index is 0.243. The average molecular weight is 363 g/mol. The highest BCUT2D eigenvalue weighted by Crippen LogP contribution is 2.26. The summed E-state index contributed by atoms with van der Waals surface area (Å²) in [7, 11) is 1.73. The zero-order valence-electron chi connectivity index (χ0n) is 11.1. The number of amides is 1. The number of halogens is 1. The van der Waals surface area contributed by atoms with Crippen molar-refractivity contribution in [1.29, 1.82) is 0 Å². The van der Waals surface area contributed by atoms with Crippen LogP contribution in [0.1, 0.15) is 10.4 Å². The van der Waals surface area contributed by atoms with Crippen molar-refractivity contribution in [3.05, 3.63) is 46.6 Å². The molecule has 3 aromatic rings. The van der Waals surface area contributed by atoms with Gasteiger partial charge < -0.3 is 5.32 Å². The Kier molecular flexibility index (Phi) is 3.85. The van der Waals surface area contributed by atoms with Crippen LogP contribution < -0.4 is 10.6 Å². The molecule has 0 spiro atoms. The number of aromatic nitrogens is 2. The Morgan fingerprint density at radius 3 is 2.90 bits per heavy atom. The number of hydrogen-bond donors (Lipinski definition) is 2. The molecule has 21 heavy (non-hydrogen) atoms. The first-order valence-corrected chi connectivity index (χ1v) is 7.78. The van der Waals surface area contributed by atoms with Crippen LogP contribution >= 0.6 is 27.3 Å². The van der Waals surface area contributed by atoms with E-state index in [1.54, 1.807) is 19.3 Å². The molecule has 7 heteroatoms. The number of para-hydroxylation sites is 1. The Labute approximate surface area is 133 Å². The first kappa shape index (κ1) is 14.0. The second-order valence-electron chi connectivity index (χ2n) is 4.24. The van der Waals surface area contributed by atoms with Crippen LogP contribution in [-0.4, -0.2) is 22.9 Å². The summed E-state index contributed by atoms with van der Waals surface area (Å²) in [5.41, 5.74) is 1.34. The lowest BCUT2D eigenvalue weighted by Crippen LogP contribution is -2.14. The van der Waals surface area contributed by atoms with Gasteiger partial charge in [-0.15, -0.1) is 0 Å². The van der Waals surface area contributed by atoms with E-state index in [1.165, 1.54) is 11.3 Å². The largest absolute Gasteiger partial charge is 0.372 e. The smallest absolute Gasteiger partial charge is 0.261 e. The van der Waals surface area contributed by atoms with Gasteiger partial charge in [-0.2, -0.15) is 0 Å². The summed E-state index contributed by atoms with van der Waals surface area (Å²) < 4.78 is 1.78. The highest BCUT2D eigenvalue weighted by molar-refractivity contribution is 9.10. The molecule has 5 nitrogen and oxygen atoms in total. The van der Waals surface area contributed by atoms with Crippen molar-refractivity contribution >= 4 is 54.3 Å². The molecule has 0 atom stereocenters. The fourth-order valence-electron chi connectivity index (χ4n) is 1.90. The Morgan fingerprint density at radius 1 is 1.33 bits per heavy atom. The average Bonchev–Trinajstić information content (AvgIpc) is 2.89. The molecule has 0 fully saturated rings. The fourth-order valence-corrected chi connectivity index (χ4v) is 3.09. The zero-order valence-corrected chi connectivity index (χ0v) is 13.5. The maximum absolute atomic E-state index is 12.4. The van der Waals surface area contributed by atoms with Gasteiger partial charge in [-0.3, -0.25) is 10.1 Å². The molecule has 0 saturated heterocycles. The molecular weight excluding hydrogens is 352 g/mol. The normalized spacial score (nSPS) is 10.6. The molecule has 3 rings (SSSR count).